The number of hydrogen-bond acceptors (Lipinski definition) is 6. The highest BCUT2D eigenvalue weighted by atomic mass is 32.2. The summed E-state index contributed by atoms with van der Waals surface area (Å²) < 4.78 is 28.1. The Kier molecular flexibility index (Phi) is 4.17. The molecule has 1 aromatic carbocycles. The predicted octanol–water partition coefficient (Wildman–Crippen LogP) is 1.24. The zero-order valence-electron chi connectivity index (χ0n) is 11.3. The minimum atomic E-state index is -4.02. The third-order valence-corrected chi connectivity index (χ3v) is 4.38. The lowest BCUT2D eigenvalue weighted by molar-refractivity contribution is -0.386. The van der Waals surface area contributed by atoms with Crippen LogP contribution >= 0.6 is 0 Å². The fraction of sp³-hybridized carbons (Fsp3) is 0.500. The first-order chi connectivity index (χ1) is 9.71. The van der Waals surface area contributed by atoms with E-state index in [2.05, 4.69) is 0 Å². The zero-order chi connectivity index (χ0) is 15.7. The molecule has 0 radical (unpaired) electrons. The molecule has 2 rings (SSSR count). The number of nitro groups is 1. The van der Waals surface area contributed by atoms with Crippen LogP contribution in [-0.4, -0.2) is 19.1 Å². The lowest BCUT2D eigenvalue weighted by Gasteiger charge is -2.33. The molecule has 1 fully saturated rings. The molecule has 4 N–H and O–H groups in total. The van der Waals surface area contributed by atoms with Crippen LogP contribution in [0.1, 0.15) is 32.1 Å². The first-order valence-corrected chi connectivity index (χ1v) is 8.05. The van der Waals surface area contributed by atoms with Crippen molar-refractivity contribution in [1.29, 1.82) is 0 Å². The number of sulfonamides is 1. The molecular formula is C12H17N3O5S. The van der Waals surface area contributed by atoms with Gasteiger partial charge in [-0.15, -0.1) is 0 Å². The summed E-state index contributed by atoms with van der Waals surface area (Å²) in [5.74, 6) is -0.0446. The topological polar surface area (TPSA) is 139 Å². The molecule has 8 nitrogen and oxygen atoms in total. The highest BCUT2D eigenvalue weighted by molar-refractivity contribution is 7.89. The Morgan fingerprint density at radius 3 is 2.38 bits per heavy atom. The fourth-order valence-corrected chi connectivity index (χ4v) is 2.91. The summed E-state index contributed by atoms with van der Waals surface area (Å²) in [6.45, 7) is 0. The molecule has 0 unspecified atom stereocenters. The van der Waals surface area contributed by atoms with Crippen molar-refractivity contribution in [3.05, 3.63) is 28.3 Å². The van der Waals surface area contributed by atoms with Gasteiger partial charge >= 0.3 is 5.69 Å². The lowest BCUT2D eigenvalue weighted by atomic mass is 9.92. The molecule has 1 aliphatic carbocycles. The van der Waals surface area contributed by atoms with Gasteiger partial charge in [-0.1, -0.05) is 6.42 Å². The van der Waals surface area contributed by atoms with Gasteiger partial charge in [-0.05, 0) is 25.0 Å². The molecule has 1 aliphatic rings. The van der Waals surface area contributed by atoms with E-state index in [0.29, 0.717) is 12.8 Å². The summed E-state index contributed by atoms with van der Waals surface area (Å²) in [6.07, 6.45) is 4.02. The average molecular weight is 315 g/mol. The Balaban J connectivity index is 2.37. The largest absolute Gasteiger partial charge is 0.466 e. The van der Waals surface area contributed by atoms with Gasteiger partial charge in [0.05, 0.1) is 9.82 Å². The normalized spacial score (nSPS) is 18.2. The van der Waals surface area contributed by atoms with Crippen LogP contribution in [0.25, 0.3) is 0 Å². The van der Waals surface area contributed by atoms with Gasteiger partial charge in [0.25, 0.3) is 0 Å². The lowest BCUT2D eigenvalue weighted by Crippen LogP contribution is -2.47. The Morgan fingerprint density at radius 1 is 1.24 bits per heavy atom. The van der Waals surface area contributed by atoms with Crippen LogP contribution in [-0.2, 0) is 10.0 Å². The van der Waals surface area contributed by atoms with Crippen LogP contribution in [0.2, 0.25) is 0 Å². The Labute approximate surface area is 122 Å². The third-order valence-electron chi connectivity index (χ3n) is 3.47. The van der Waals surface area contributed by atoms with Gasteiger partial charge in [0.1, 0.15) is 0 Å². The van der Waals surface area contributed by atoms with Gasteiger partial charge < -0.3 is 4.74 Å². The summed E-state index contributed by atoms with van der Waals surface area (Å²) in [6, 6.07) is 3.28. The first-order valence-electron chi connectivity index (χ1n) is 6.50. The van der Waals surface area contributed by atoms with Crippen LogP contribution in [0.3, 0.4) is 0 Å². The molecule has 0 saturated heterocycles. The number of nitrogens with zero attached hydrogens (tertiary/aromatic N) is 1. The number of hydrogen-bond donors (Lipinski definition) is 2. The van der Waals surface area contributed by atoms with E-state index < -0.39 is 26.4 Å². The van der Waals surface area contributed by atoms with Gasteiger partial charge in [-0.3, -0.25) is 15.8 Å². The number of ether oxygens (including phenoxy) is 1. The second-order valence-electron chi connectivity index (χ2n) is 5.16. The van der Waals surface area contributed by atoms with Gasteiger partial charge in [-0.2, -0.15) is 0 Å². The maximum absolute atomic E-state index is 11.3. The van der Waals surface area contributed by atoms with Crippen LogP contribution in [0.4, 0.5) is 5.69 Å². The van der Waals surface area contributed by atoms with E-state index in [9.17, 15) is 18.5 Å². The van der Waals surface area contributed by atoms with Crippen molar-refractivity contribution in [3.63, 3.8) is 0 Å². The van der Waals surface area contributed by atoms with E-state index in [1.165, 1.54) is 12.1 Å². The maximum atomic E-state index is 11.3. The SMILES string of the molecule is NC1(Oc2ccc(S(N)(=O)=O)cc2[N+](=O)[O-])CCCCC1. The van der Waals surface area contributed by atoms with Crippen molar-refractivity contribution in [2.45, 2.75) is 42.7 Å². The summed E-state index contributed by atoms with van der Waals surface area (Å²) >= 11 is 0. The summed E-state index contributed by atoms with van der Waals surface area (Å²) in [5, 5.41) is 16.1. The molecular weight excluding hydrogens is 298 g/mol. The van der Waals surface area contributed by atoms with Crippen molar-refractivity contribution in [2.24, 2.45) is 10.9 Å². The van der Waals surface area contributed by atoms with Crippen molar-refractivity contribution in [1.82, 2.24) is 0 Å². The van der Waals surface area contributed by atoms with Crippen molar-refractivity contribution < 1.29 is 18.1 Å². The Bertz CT molecular complexity index is 653. The molecule has 1 saturated carbocycles. The molecule has 21 heavy (non-hydrogen) atoms. The van der Waals surface area contributed by atoms with Crippen molar-refractivity contribution in [2.75, 3.05) is 0 Å². The molecule has 0 heterocycles. The standard InChI is InChI=1S/C12H17N3O5S/c13-12(6-2-1-3-7-12)20-11-5-4-9(21(14,18)19)8-10(11)15(16)17/h4-5,8H,1-3,6-7,13H2,(H2,14,18,19). The Hall–Kier alpha value is -1.71. The van der Waals surface area contributed by atoms with Crippen LogP contribution in [0.5, 0.6) is 5.75 Å². The summed E-state index contributed by atoms with van der Waals surface area (Å²) in [4.78, 5) is 10.0. The third kappa shape index (κ3) is 3.69. The Morgan fingerprint density at radius 2 is 1.86 bits per heavy atom. The molecule has 0 amide bonds. The van der Waals surface area contributed by atoms with E-state index in [0.717, 1.165) is 25.3 Å². The van der Waals surface area contributed by atoms with Crippen LogP contribution in [0, 0.1) is 10.1 Å². The molecule has 9 heteroatoms. The number of rotatable bonds is 4. The number of primary sulfonamides is 1. The highest BCUT2D eigenvalue weighted by Crippen LogP contribution is 2.35. The molecule has 0 bridgehead atoms. The van der Waals surface area contributed by atoms with E-state index in [1.807, 2.05) is 0 Å². The van der Waals surface area contributed by atoms with Crippen LogP contribution in [0.15, 0.2) is 23.1 Å². The molecule has 0 spiro atoms. The van der Waals surface area contributed by atoms with Gasteiger partial charge in [0.15, 0.2) is 11.5 Å². The van der Waals surface area contributed by atoms with Crippen molar-refractivity contribution in [3.8, 4) is 5.75 Å². The molecule has 0 atom stereocenters. The fourth-order valence-electron chi connectivity index (χ4n) is 2.37. The van der Waals surface area contributed by atoms with E-state index in [1.54, 1.807) is 0 Å². The predicted molar refractivity (Wildman–Crippen MR) is 75.1 cm³/mol. The minimum Gasteiger partial charge on any atom is -0.466 e. The monoisotopic (exact) mass is 315 g/mol. The highest BCUT2D eigenvalue weighted by Gasteiger charge is 2.32. The molecule has 116 valence electrons. The summed E-state index contributed by atoms with van der Waals surface area (Å²) in [5.41, 5.74) is 4.68. The molecule has 1 aromatic rings. The first kappa shape index (κ1) is 15.7. The second kappa shape index (κ2) is 5.58. The maximum Gasteiger partial charge on any atom is 0.312 e. The molecule has 0 aliphatic heterocycles. The zero-order valence-corrected chi connectivity index (χ0v) is 12.1. The molecule has 0 aromatic heterocycles. The van der Waals surface area contributed by atoms with Gasteiger partial charge in [0, 0.05) is 18.9 Å². The average Bonchev–Trinajstić information content (AvgIpc) is 2.38. The van der Waals surface area contributed by atoms with E-state index >= 15 is 0 Å². The van der Waals surface area contributed by atoms with Gasteiger partial charge in [-0.25, -0.2) is 13.6 Å². The van der Waals surface area contributed by atoms with Gasteiger partial charge in [0.2, 0.25) is 10.0 Å². The summed E-state index contributed by atoms with van der Waals surface area (Å²) in [7, 11) is -4.02. The quantitative estimate of drug-likeness (QED) is 0.487. The number of nitro benzene ring substituents is 1. The van der Waals surface area contributed by atoms with E-state index in [-0.39, 0.29) is 10.6 Å². The van der Waals surface area contributed by atoms with Crippen LogP contribution < -0.4 is 15.6 Å². The number of nitrogens with two attached hydrogens (primary N) is 2. The second-order valence-corrected chi connectivity index (χ2v) is 6.72. The minimum absolute atomic E-state index is 0.0446. The number of benzene rings is 1. The van der Waals surface area contributed by atoms with Crippen molar-refractivity contribution >= 4 is 15.7 Å². The van der Waals surface area contributed by atoms with E-state index in [4.69, 9.17) is 15.6 Å². The smallest absolute Gasteiger partial charge is 0.312 e.